The minimum absolute atomic E-state index is 0.0428. The number of benzene rings is 3. The zero-order valence-corrected chi connectivity index (χ0v) is 17.6. The van der Waals surface area contributed by atoms with Crippen molar-refractivity contribution in [1.82, 2.24) is 4.98 Å². The summed E-state index contributed by atoms with van der Waals surface area (Å²) in [5.74, 6) is 0.408. The van der Waals surface area contributed by atoms with Crippen LogP contribution in [-0.4, -0.2) is 12.1 Å². The minimum Gasteiger partial charge on any atom is -0.494 e. The largest absolute Gasteiger partial charge is 0.494 e. The maximum absolute atomic E-state index is 14.4. The van der Waals surface area contributed by atoms with Crippen LogP contribution in [0.15, 0.2) is 84.9 Å². The summed E-state index contributed by atoms with van der Waals surface area (Å²) in [5, 5.41) is 0. The Labute approximate surface area is 186 Å². The van der Waals surface area contributed by atoms with Crippen LogP contribution in [0.4, 0.5) is 10.1 Å². The fraction of sp³-hybridized carbons (Fsp3) is 0.115. The van der Waals surface area contributed by atoms with Crippen LogP contribution >= 0.6 is 0 Å². The number of pyridine rings is 1. The van der Waals surface area contributed by atoms with Crippen molar-refractivity contribution in [3.8, 4) is 28.6 Å². The molecule has 0 saturated carbocycles. The van der Waals surface area contributed by atoms with Crippen LogP contribution in [-0.2, 0) is 13.2 Å². The molecule has 0 radical (unpaired) electrons. The third-order valence-corrected chi connectivity index (χ3v) is 4.91. The summed E-state index contributed by atoms with van der Waals surface area (Å²) in [5.41, 5.74) is 8.87. The number of hydrogen-bond donors (Lipinski definition) is 1. The van der Waals surface area contributed by atoms with E-state index in [1.165, 1.54) is 13.2 Å². The molecule has 32 heavy (non-hydrogen) atoms. The van der Waals surface area contributed by atoms with E-state index in [-0.39, 0.29) is 11.4 Å². The van der Waals surface area contributed by atoms with Gasteiger partial charge in [-0.1, -0.05) is 60.7 Å². The number of anilines is 1. The van der Waals surface area contributed by atoms with E-state index in [4.69, 9.17) is 19.9 Å². The summed E-state index contributed by atoms with van der Waals surface area (Å²) in [6.07, 6.45) is 0. The summed E-state index contributed by atoms with van der Waals surface area (Å²) in [6, 6.07) is 26.1. The van der Waals surface area contributed by atoms with Gasteiger partial charge in [0, 0.05) is 11.6 Å². The highest BCUT2D eigenvalue weighted by atomic mass is 19.1. The van der Waals surface area contributed by atoms with Crippen LogP contribution in [0.25, 0.3) is 11.1 Å². The standard InChI is InChI=1S/C26H23FN2O3/c1-30-23-15-20(14-22(27)25(23)28)21-12-13-24(31-16-18-8-4-2-5-9-18)29-26(21)32-17-19-10-6-3-7-11-19/h2-15H,16-17,28H2,1H3. The molecule has 162 valence electrons. The van der Waals surface area contributed by atoms with Gasteiger partial charge in [-0.05, 0) is 34.9 Å². The third kappa shape index (κ3) is 4.98. The molecular formula is C26H23FN2O3. The molecule has 0 aliphatic rings. The monoisotopic (exact) mass is 430 g/mol. The summed E-state index contributed by atoms with van der Waals surface area (Å²) in [6.45, 7) is 0.674. The Morgan fingerprint density at radius 3 is 2.06 bits per heavy atom. The molecule has 2 N–H and O–H groups in total. The molecule has 0 amide bonds. The van der Waals surface area contributed by atoms with Crippen molar-refractivity contribution in [3.63, 3.8) is 0 Å². The molecule has 0 atom stereocenters. The van der Waals surface area contributed by atoms with E-state index in [0.29, 0.717) is 36.1 Å². The molecule has 3 aromatic carbocycles. The molecule has 0 aliphatic heterocycles. The van der Waals surface area contributed by atoms with Gasteiger partial charge >= 0.3 is 0 Å². The van der Waals surface area contributed by atoms with Crippen LogP contribution in [0.1, 0.15) is 11.1 Å². The Morgan fingerprint density at radius 2 is 1.44 bits per heavy atom. The van der Waals surface area contributed by atoms with Gasteiger partial charge in [-0.15, -0.1) is 0 Å². The topological polar surface area (TPSA) is 66.6 Å². The maximum atomic E-state index is 14.4. The van der Waals surface area contributed by atoms with Gasteiger partial charge in [0.2, 0.25) is 11.8 Å². The first-order chi connectivity index (χ1) is 15.6. The molecule has 1 heterocycles. The highest BCUT2D eigenvalue weighted by Gasteiger charge is 2.16. The number of nitrogen functional groups attached to an aromatic ring is 1. The van der Waals surface area contributed by atoms with Crippen molar-refractivity contribution in [1.29, 1.82) is 0 Å². The van der Waals surface area contributed by atoms with Crippen molar-refractivity contribution >= 4 is 5.69 Å². The summed E-state index contributed by atoms with van der Waals surface area (Å²) in [7, 11) is 1.44. The number of halogens is 1. The fourth-order valence-corrected chi connectivity index (χ4v) is 3.21. The van der Waals surface area contributed by atoms with Gasteiger partial charge in [0.1, 0.15) is 24.7 Å². The van der Waals surface area contributed by atoms with Crippen LogP contribution < -0.4 is 19.9 Å². The number of aromatic nitrogens is 1. The first-order valence-corrected chi connectivity index (χ1v) is 10.1. The van der Waals surface area contributed by atoms with Crippen molar-refractivity contribution < 1.29 is 18.6 Å². The van der Waals surface area contributed by atoms with E-state index in [1.54, 1.807) is 18.2 Å². The van der Waals surface area contributed by atoms with E-state index >= 15 is 0 Å². The van der Waals surface area contributed by atoms with Crippen molar-refractivity contribution in [3.05, 3.63) is 102 Å². The predicted octanol–water partition coefficient (Wildman–Crippen LogP) is 5.64. The number of ether oxygens (including phenoxy) is 3. The van der Waals surface area contributed by atoms with Crippen molar-refractivity contribution in [2.24, 2.45) is 0 Å². The van der Waals surface area contributed by atoms with Gasteiger partial charge in [-0.2, -0.15) is 4.98 Å². The van der Waals surface area contributed by atoms with Crippen molar-refractivity contribution in [2.45, 2.75) is 13.2 Å². The molecular weight excluding hydrogens is 407 g/mol. The van der Waals surface area contributed by atoms with Gasteiger partial charge < -0.3 is 19.9 Å². The van der Waals surface area contributed by atoms with Crippen LogP contribution in [0.2, 0.25) is 0 Å². The molecule has 6 heteroatoms. The van der Waals surface area contributed by atoms with E-state index in [9.17, 15) is 4.39 Å². The molecule has 0 spiro atoms. The zero-order chi connectivity index (χ0) is 22.3. The zero-order valence-electron chi connectivity index (χ0n) is 17.6. The number of rotatable bonds is 8. The Morgan fingerprint density at radius 1 is 0.812 bits per heavy atom. The molecule has 5 nitrogen and oxygen atoms in total. The second kappa shape index (κ2) is 9.83. The molecule has 0 bridgehead atoms. The second-order valence-corrected chi connectivity index (χ2v) is 7.12. The Bertz CT molecular complexity index is 1180. The summed E-state index contributed by atoms with van der Waals surface area (Å²) >= 11 is 0. The molecule has 4 rings (SSSR count). The fourth-order valence-electron chi connectivity index (χ4n) is 3.21. The molecule has 1 aromatic heterocycles. The van der Waals surface area contributed by atoms with Gasteiger partial charge in [0.05, 0.1) is 7.11 Å². The lowest BCUT2D eigenvalue weighted by Crippen LogP contribution is -2.03. The molecule has 4 aromatic rings. The number of nitrogens with zero attached hydrogens (tertiary/aromatic N) is 1. The molecule has 0 unspecified atom stereocenters. The van der Waals surface area contributed by atoms with Crippen LogP contribution in [0.3, 0.4) is 0 Å². The highest BCUT2D eigenvalue weighted by Crippen LogP contribution is 2.36. The summed E-state index contributed by atoms with van der Waals surface area (Å²) in [4.78, 5) is 4.55. The Kier molecular flexibility index (Phi) is 6.51. The average Bonchev–Trinajstić information content (AvgIpc) is 2.84. The van der Waals surface area contributed by atoms with Gasteiger partial charge in [-0.3, -0.25) is 0 Å². The normalized spacial score (nSPS) is 10.6. The highest BCUT2D eigenvalue weighted by molar-refractivity contribution is 5.74. The Balaban J connectivity index is 1.66. The lowest BCUT2D eigenvalue weighted by molar-refractivity contribution is 0.268. The average molecular weight is 430 g/mol. The van der Waals surface area contributed by atoms with E-state index in [0.717, 1.165) is 11.1 Å². The SMILES string of the molecule is COc1cc(-c2ccc(OCc3ccccc3)nc2OCc2ccccc2)cc(F)c1N. The van der Waals surface area contributed by atoms with Gasteiger partial charge in [0.15, 0.2) is 5.82 Å². The number of hydrogen-bond acceptors (Lipinski definition) is 5. The van der Waals surface area contributed by atoms with Gasteiger partial charge in [0.25, 0.3) is 0 Å². The van der Waals surface area contributed by atoms with E-state index < -0.39 is 5.82 Å². The van der Waals surface area contributed by atoms with Gasteiger partial charge in [-0.25, -0.2) is 4.39 Å². The summed E-state index contributed by atoms with van der Waals surface area (Å²) < 4.78 is 31.5. The maximum Gasteiger partial charge on any atom is 0.225 e. The lowest BCUT2D eigenvalue weighted by atomic mass is 10.1. The first kappa shape index (κ1) is 21.2. The third-order valence-electron chi connectivity index (χ3n) is 4.91. The lowest BCUT2D eigenvalue weighted by Gasteiger charge is -2.15. The molecule has 0 aliphatic carbocycles. The number of nitrogens with two attached hydrogens (primary N) is 1. The minimum atomic E-state index is -0.572. The van der Waals surface area contributed by atoms with Crippen LogP contribution in [0, 0.1) is 5.82 Å². The first-order valence-electron chi connectivity index (χ1n) is 10.1. The molecule has 0 fully saturated rings. The predicted molar refractivity (Wildman–Crippen MR) is 122 cm³/mol. The smallest absolute Gasteiger partial charge is 0.225 e. The van der Waals surface area contributed by atoms with E-state index in [2.05, 4.69) is 4.98 Å². The van der Waals surface area contributed by atoms with Crippen LogP contribution in [0.5, 0.6) is 17.5 Å². The molecule has 0 saturated heterocycles. The quantitative estimate of drug-likeness (QED) is 0.367. The van der Waals surface area contributed by atoms with Crippen molar-refractivity contribution in [2.75, 3.05) is 12.8 Å². The Hall–Kier alpha value is -4.06. The number of methoxy groups -OCH3 is 1. The van der Waals surface area contributed by atoms with E-state index in [1.807, 2.05) is 60.7 Å². The second-order valence-electron chi connectivity index (χ2n) is 7.12.